The van der Waals surface area contributed by atoms with Gasteiger partial charge in [0.15, 0.2) is 4.32 Å². The molecule has 0 radical (unpaired) electrons. The highest BCUT2D eigenvalue weighted by Gasteiger charge is 2.25. The zero-order valence-electron chi connectivity index (χ0n) is 8.95. The number of hydrogen-bond acceptors (Lipinski definition) is 4. The first-order chi connectivity index (χ1) is 8.27. The average Bonchev–Trinajstić information content (AvgIpc) is 2.67. The van der Waals surface area contributed by atoms with Crippen LogP contribution in [-0.2, 0) is 4.79 Å². The van der Waals surface area contributed by atoms with Gasteiger partial charge in [-0.1, -0.05) is 60.4 Å². The molecule has 0 atom stereocenters. The largest absolute Gasteiger partial charge is 0.272 e. The van der Waals surface area contributed by atoms with Gasteiger partial charge in [0.1, 0.15) is 0 Å². The van der Waals surface area contributed by atoms with Gasteiger partial charge in [-0.05, 0) is 11.6 Å². The second-order valence-corrected chi connectivity index (χ2v) is 4.90. The second-order valence-electron chi connectivity index (χ2n) is 3.29. The lowest BCUT2D eigenvalue weighted by Gasteiger charge is -2.04. The van der Waals surface area contributed by atoms with Crippen molar-refractivity contribution in [3.63, 3.8) is 0 Å². The molecule has 1 amide bonds. The lowest BCUT2D eigenvalue weighted by Crippen LogP contribution is -2.22. The van der Waals surface area contributed by atoms with Crippen molar-refractivity contribution in [1.82, 2.24) is 5.01 Å². The van der Waals surface area contributed by atoms with E-state index in [0.29, 0.717) is 10.1 Å². The van der Waals surface area contributed by atoms with Gasteiger partial charge in [-0.25, -0.2) is 0 Å². The summed E-state index contributed by atoms with van der Waals surface area (Å²) in [7, 11) is 0. The van der Waals surface area contributed by atoms with E-state index in [1.54, 1.807) is 12.3 Å². The number of hydrogen-bond donors (Lipinski definition) is 0. The quantitative estimate of drug-likeness (QED) is 0.620. The maximum Gasteiger partial charge on any atom is 0.259 e. The van der Waals surface area contributed by atoms with Crippen LogP contribution in [0.2, 0.25) is 0 Å². The molecule has 1 heterocycles. The first-order valence-corrected chi connectivity index (χ1v) is 6.42. The normalized spacial score (nSPS) is 16.6. The van der Waals surface area contributed by atoms with E-state index in [1.807, 2.05) is 36.4 Å². The Labute approximate surface area is 109 Å². The van der Waals surface area contributed by atoms with Crippen molar-refractivity contribution in [2.45, 2.75) is 0 Å². The Morgan fingerprint density at radius 2 is 2.12 bits per heavy atom. The molecule has 2 rings (SSSR count). The zero-order valence-corrected chi connectivity index (χ0v) is 10.6. The SMILES string of the molecule is O=C1CSC(=S)N1/N=C/C=C\c1ccccc1. The van der Waals surface area contributed by atoms with Crippen LogP contribution in [0.15, 0.2) is 41.5 Å². The summed E-state index contributed by atoms with van der Waals surface area (Å²) in [5, 5.41) is 5.27. The van der Waals surface area contributed by atoms with Crippen LogP contribution in [0, 0.1) is 0 Å². The molecule has 0 bridgehead atoms. The molecule has 3 nitrogen and oxygen atoms in total. The number of thiocarbonyl (C=S) groups is 1. The number of benzene rings is 1. The van der Waals surface area contributed by atoms with Gasteiger partial charge in [0, 0.05) is 6.21 Å². The average molecular weight is 262 g/mol. The first-order valence-electron chi connectivity index (χ1n) is 5.03. The van der Waals surface area contributed by atoms with Gasteiger partial charge in [0.2, 0.25) is 0 Å². The summed E-state index contributed by atoms with van der Waals surface area (Å²) in [6.07, 6.45) is 5.28. The number of carbonyl (C=O) groups is 1. The van der Waals surface area contributed by atoms with Crippen LogP contribution < -0.4 is 0 Å². The molecular weight excluding hydrogens is 252 g/mol. The van der Waals surface area contributed by atoms with Crippen LogP contribution in [0.5, 0.6) is 0 Å². The highest BCUT2D eigenvalue weighted by atomic mass is 32.2. The van der Waals surface area contributed by atoms with Gasteiger partial charge in [0.05, 0.1) is 5.75 Å². The number of hydrazone groups is 1. The van der Waals surface area contributed by atoms with Crippen molar-refractivity contribution in [1.29, 1.82) is 0 Å². The molecule has 0 unspecified atom stereocenters. The predicted octanol–water partition coefficient (Wildman–Crippen LogP) is 2.55. The molecule has 5 heteroatoms. The Hall–Kier alpha value is -1.46. The highest BCUT2D eigenvalue weighted by Crippen LogP contribution is 2.18. The number of carbonyl (C=O) groups excluding carboxylic acids is 1. The lowest BCUT2D eigenvalue weighted by molar-refractivity contribution is -0.123. The molecule has 1 aliphatic heterocycles. The molecule has 86 valence electrons. The van der Waals surface area contributed by atoms with Crippen molar-refractivity contribution in [3.8, 4) is 0 Å². The topological polar surface area (TPSA) is 32.7 Å². The summed E-state index contributed by atoms with van der Waals surface area (Å²) in [5.41, 5.74) is 1.09. The van der Waals surface area contributed by atoms with Crippen molar-refractivity contribution in [2.75, 3.05) is 5.75 Å². The first kappa shape index (κ1) is 12.0. The molecule has 1 saturated heterocycles. The Morgan fingerprint density at radius 3 is 2.76 bits per heavy atom. The fraction of sp³-hybridized carbons (Fsp3) is 0.0833. The van der Waals surface area contributed by atoms with Gasteiger partial charge < -0.3 is 0 Å². The molecule has 1 aromatic rings. The van der Waals surface area contributed by atoms with Gasteiger partial charge in [0.25, 0.3) is 5.91 Å². The number of rotatable bonds is 3. The van der Waals surface area contributed by atoms with E-state index in [1.165, 1.54) is 16.8 Å². The Balaban J connectivity index is 1.96. The van der Waals surface area contributed by atoms with Gasteiger partial charge >= 0.3 is 0 Å². The molecule has 0 N–H and O–H groups in total. The lowest BCUT2D eigenvalue weighted by atomic mass is 10.2. The predicted molar refractivity (Wildman–Crippen MR) is 75.9 cm³/mol. The Morgan fingerprint density at radius 1 is 1.35 bits per heavy atom. The molecule has 0 spiro atoms. The van der Waals surface area contributed by atoms with Crippen molar-refractivity contribution in [3.05, 3.63) is 42.0 Å². The molecule has 1 fully saturated rings. The summed E-state index contributed by atoms with van der Waals surface area (Å²) < 4.78 is 0.513. The third kappa shape index (κ3) is 3.25. The fourth-order valence-corrected chi connectivity index (χ4v) is 2.25. The van der Waals surface area contributed by atoms with E-state index in [9.17, 15) is 4.79 Å². The number of allylic oxidation sites excluding steroid dienone is 1. The van der Waals surface area contributed by atoms with E-state index < -0.39 is 0 Å². The molecule has 1 aliphatic rings. The maximum atomic E-state index is 11.3. The number of nitrogens with zero attached hydrogens (tertiary/aromatic N) is 2. The highest BCUT2D eigenvalue weighted by molar-refractivity contribution is 8.23. The molecule has 17 heavy (non-hydrogen) atoms. The number of thioether (sulfide) groups is 1. The standard InChI is InChI=1S/C12H10N2OS2/c15-11-9-17-12(16)14(11)13-8-4-7-10-5-2-1-3-6-10/h1-8H,9H2/b7-4-,13-8+. The summed E-state index contributed by atoms with van der Waals surface area (Å²) in [6, 6.07) is 9.88. The van der Waals surface area contributed by atoms with Crippen LogP contribution in [0.4, 0.5) is 0 Å². The van der Waals surface area contributed by atoms with Crippen molar-refractivity contribution in [2.24, 2.45) is 5.10 Å². The molecule has 0 aliphatic carbocycles. The van der Waals surface area contributed by atoms with Gasteiger partial charge in [-0.2, -0.15) is 10.1 Å². The van der Waals surface area contributed by atoms with Crippen LogP contribution in [0.25, 0.3) is 6.08 Å². The maximum absolute atomic E-state index is 11.3. The molecule has 1 aromatic carbocycles. The monoisotopic (exact) mass is 262 g/mol. The second kappa shape index (κ2) is 5.75. The minimum absolute atomic E-state index is 0.0654. The third-order valence-corrected chi connectivity index (χ3v) is 3.42. The van der Waals surface area contributed by atoms with Gasteiger partial charge in [-0.15, -0.1) is 0 Å². The summed E-state index contributed by atoms with van der Waals surface area (Å²) in [4.78, 5) is 11.3. The molecule has 0 aromatic heterocycles. The Kier molecular flexibility index (Phi) is 4.06. The zero-order chi connectivity index (χ0) is 12.1. The van der Waals surface area contributed by atoms with Crippen LogP contribution in [-0.4, -0.2) is 27.2 Å². The van der Waals surface area contributed by atoms with Crippen molar-refractivity contribution >= 4 is 46.5 Å². The smallest absolute Gasteiger partial charge is 0.259 e. The van der Waals surface area contributed by atoms with Crippen LogP contribution in [0.3, 0.4) is 0 Å². The fourth-order valence-electron chi connectivity index (χ4n) is 1.28. The van der Waals surface area contributed by atoms with E-state index in [0.717, 1.165) is 5.56 Å². The minimum atomic E-state index is -0.0654. The molecular formula is C12H10N2OS2. The Bertz CT molecular complexity index is 467. The van der Waals surface area contributed by atoms with Crippen molar-refractivity contribution < 1.29 is 4.79 Å². The van der Waals surface area contributed by atoms with Gasteiger partial charge in [-0.3, -0.25) is 4.79 Å². The van der Waals surface area contributed by atoms with E-state index >= 15 is 0 Å². The summed E-state index contributed by atoms with van der Waals surface area (Å²) >= 11 is 6.33. The number of amides is 1. The molecule has 0 saturated carbocycles. The van der Waals surface area contributed by atoms with Crippen LogP contribution >= 0.6 is 24.0 Å². The summed E-state index contributed by atoms with van der Waals surface area (Å²) in [5.74, 6) is 0.322. The third-order valence-electron chi connectivity index (χ3n) is 2.08. The minimum Gasteiger partial charge on any atom is -0.272 e. The summed E-state index contributed by atoms with van der Waals surface area (Å²) in [6.45, 7) is 0. The van der Waals surface area contributed by atoms with E-state index in [4.69, 9.17) is 12.2 Å². The van der Waals surface area contributed by atoms with Crippen LogP contribution in [0.1, 0.15) is 5.56 Å². The van der Waals surface area contributed by atoms with E-state index in [-0.39, 0.29) is 5.91 Å². The van der Waals surface area contributed by atoms with E-state index in [2.05, 4.69) is 5.10 Å².